The van der Waals surface area contributed by atoms with Gasteiger partial charge in [0, 0.05) is 31.4 Å². The van der Waals surface area contributed by atoms with Crippen molar-refractivity contribution < 1.29 is 19.7 Å². The van der Waals surface area contributed by atoms with Gasteiger partial charge in [-0.1, -0.05) is 56.3 Å². The first-order valence-electron chi connectivity index (χ1n) is 11.7. The molecule has 0 saturated carbocycles. The second-order valence-electron chi connectivity index (χ2n) is 9.01. The zero-order chi connectivity index (χ0) is 24.1. The summed E-state index contributed by atoms with van der Waals surface area (Å²) < 4.78 is 5.43. The van der Waals surface area contributed by atoms with E-state index < -0.39 is 0 Å². The van der Waals surface area contributed by atoms with E-state index in [1.165, 1.54) is 11.6 Å². The number of carbonyl (C=O) groups excluding carboxylic acids is 1. The van der Waals surface area contributed by atoms with Crippen LogP contribution in [0.15, 0.2) is 66.7 Å². The molecule has 6 nitrogen and oxygen atoms in total. The lowest BCUT2D eigenvalue weighted by molar-refractivity contribution is 0.0342. The van der Waals surface area contributed by atoms with Crippen LogP contribution >= 0.6 is 0 Å². The second-order valence-corrected chi connectivity index (χ2v) is 9.01. The summed E-state index contributed by atoms with van der Waals surface area (Å²) in [6.07, 6.45) is 0. The fraction of sp³-hybridized carbons (Fsp3) is 0.321. The predicted molar refractivity (Wildman–Crippen MR) is 133 cm³/mol. The fourth-order valence-corrected chi connectivity index (χ4v) is 4.22. The van der Waals surface area contributed by atoms with Crippen molar-refractivity contribution in [1.82, 2.24) is 4.90 Å². The number of ether oxygens (including phenoxy) is 1. The highest BCUT2D eigenvalue weighted by atomic mass is 16.5. The van der Waals surface area contributed by atoms with E-state index in [1.54, 1.807) is 11.0 Å². The van der Waals surface area contributed by atoms with Crippen molar-refractivity contribution >= 4 is 11.6 Å². The minimum absolute atomic E-state index is 0.00822. The van der Waals surface area contributed by atoms with Gasteiger partial charge in [-0.25, -0.2) is 0 Å². The first kappa shape index (κ1) is 23.8. The molecule has 1 aliphatic rings. The molecular formula is C28H32N2O4. The van der Waals surface area contributed by atoms with Crippen LogP contribution < -0.4 is 4.90 Å². The van der Waals surface area contributed by atoms with E-state index in [4.69, 9.17) is 4.74 Å². The molecule has 34 heavy (non-hydrogen) atoms. The van der Waals surface area contributed by atoms with Gasteiger partial charge in [0.2, 0.25) is 0 Å². The Bertz CT molecular complexity index is 1110. The third kappa shape index (κ3) is 5.58. The molecule has 0 unspecified atom stereocenters. The topological polar surface area (TPSA) is 73.2 Å². The minimum atomic E-state index is -0.316. The molecule has 6 heteroatoms. The van der Waals surface area contributed by atoms with Crippen LogP contribution in [0.2, 0.25) is 0 Å². The maximum Gasteiger partial charge on any atom is 0.262 e. The van der Waals surface area contributed by atoms with E-state index in [-0.39, 0.29) is 28.9 Å². The van der Waals surface area contributed by atoms with Crippen LogP contribution in [0.3, 0.4) is 0 Å². The molecule has 0 spiro atoms. The summed E-state index contributed by atoms with van der Waals surface area (Å²) in [5.41, 5.74) is 3.71. The highest BCUT2D eigenvalue weighted by Crippen LogP contribution is 2.34. The van der Waals surface area contributed by atoms with Gasteiger partial charge in [-0.05, 0) is 40.8 Å². The molecule has 1 aliphatic heterocycles. The zero-order valence-corrected chi connectivity index (χ0v) is 19.8. The molecule has 3 aromatic rings. The van der Waals surface area contributed by atoms with E-state index in [0.717, 1.165) is 44.1 Å². The van der Waals surface area contributed by atoms with Crippen LogP contribution in [0.1, 0.15) is 46.8 Å². The minimum Gasteiger partial charge on any atom is -0.508 e. The maximum absolute atomic E-state index is 13.7. The van der Waals surface area contributed by atoms with Crippen molar-refractivity contribution in [2.75, 3.05) is 31.2 Å². The molecule has 4 rings (SSSR count). The lowest BCUT2D eigenvalue weighted by Gasteiger charge is -2.27. The van der Waals surface area contributed by atoms with E-state index in [2.05, 4.69) is 4.90 Å². The monoisotopic (exact) mass is 460 g/mol. The predicted octanol–water partition coefficient (Wildman–Crippen LogP) is 4.90. The van der Waals surface area contributed by atoms with Gasteiger partial charge in [-0.2, -0.15) is 0 Å². The van der Waals surface area contributed by atoms with Crippen molar-refractivity contribution in [3.8, 4) is 11.5 Å². The fourth-order valence-electron chi connectivity index (χ4n) is 4.22. The van der Waals surface area contributed by atoms with Crippen LogP contribution in [0.5, 0.6) is 11.5 Å². The normalized spacial score (nSPS) is 14.3. The number of amides is 1. The summed E-state index contributed by atoms with van der Waals surface area (Å²) in [7, 11) is 0. The van der Waals surface area contributed by atoms with E-state index in [1.807, 2.05) is 68.4 Å². The zero-order valence-electron chi connectivity index (χ0n) is 19.8. The number of rotatable bonds is 7. The number of benzene rings is 3. The summed E-state index contributed by atoms with van der Waals surface area (Å²) in [4.78, 5) is 17.7. The Morgan fingerprint density at radius 3 is 2.26 bits per heavy atom. The first-order chi connectivity index (χ1) is 16.4. The van der Waals surface area contributed by atoms with Crippen molar-refractivity contribution in [3.63, 3.8) is 0 Å². The summed E-state index contributed by atoms with van der Waals surface area (Å²) in [5.74, 6) is -0.543. The van der Waals surface area contributed by atoms with Crippen molar-refractivity contribution in [2.24, 2.45) is 0 Å². The number of morpholine rings is 1. The van der Waals surface area contributed by atoms with Crippen LogP contribution in [0.25, 0.3) is 0 Å². The SMILES string of the molecule is CC(C)c1cc(C(=O)N(Cc2ccccc2)c2ccc(CN3CCOCC3)cc2)c(O)cc1O. The number of hydrogen-bond acceptors (Lipinski definition) is 5. The number of nitrogens with zero attached hydrogens (tertiary/aromatic N) is 2. The lowest BCUT2D eigenvalue weighted by atomic mass is 9.98. The van der Waals surface area contributed by atoms with Gasteiger partial charge in [0.05, 0.1) is 25.3 Å². The van der Waals surface area contributed by atoms with Crippen LogP contribution in [-0.2, 0) is 17.8 Å². The van der Waals surface area contributed by atoms with Gasteiger partial charge in [-0.15, -0.1) is 0 Å². The first-order valence-corrected chi connectivity index (χ1v) is 11.7. The number of anilines is 1. The van der Waals surface area contributed by atoms with Gasteiger partial charge < -0.3 is 19.8 Å². The Morgan fingerprint density at radius 1 is 0.941 bits per heavy atom. The average molecular weight is 461 g/mol. The number of hydrogen-bond donors (Lipinski definition) is 2. The van der Waals surface area contributed by atoms with E-state index in [0.29, 0.717) is 12.1 Å². The van der Waals surface area contributed by atoms with Crippen LogP contribution in [-0.4, -0.2) is 47.3 Å². The molecule has 0 aliphatic carbocycles. The lowest BCUT2D eigenvalue weighted by Crippen LogP contribution is -2.35. The molecule has 3 aromatic carbocycles. The molecule has 2 N–H and O–H groups in total. The third-order valence-electron chi connectivity index (χ3n) is 6.18. The number of aromatic hydroxyl groups is 2. The van der Waals surface area contributed by atoms with Gasteiger partial charge in [0.15, 0.2) is 0 Å². The Morgan fingerprint density at radius 2 is 1.62 bits per heavy atom. The third-order valence-corrected chi connectivity index (χ3v) is 6.18. The average Bonchev–Trinajstić information content (AvgIpc) is 2.84. The second kappa shape index (κ2) is 10.7. The number of carbonyl (C=O) groups is 1. The molecule has 0 bridgehead atoms. The molecular weight excluding hydrogens is 428 g/mol. The molecule has 1 saturated heterocycles. The van der Waals surface area contributed by atoms with Crippen molar-refractivity contribution in [3.05, 3.63) is 89.0 Å². The molecule has 0 aromatic heterocycles. The van der Waals surface area contributed by atoms with Crippen LogP contribution in [0, 0.1) is 0 Å². The summed E-state index contributed by atoms with van der Waals surface area (Å²) >= 11 is 0. The van der Waals surface area contributed by atoms with E-state index >= 15 is 0 Å². The summed E-state index contributed by atoms with van der Waals surface area (Å²) in [6, 6.07) is 20.6. The highest BCUT2D eigenvalue weighted by molar-refractivity contribution is 6.08. The smallest absolute Gasteiger partial charge is 0.262 e. The Balaban J connectivity index is 1.64. The maximum atomic E-state index is 13.7. The molecule has 1 fully saturated rings. The van der Waals surface area contributed by atoms with E-state index in [9.17, 15) is 15.0 Å². The van der Waals surface area contributed by atoms with Gasteiger partial charge in [0.25, 0.3) is 5.91 Å². The summed E-state index contributed by atoms with van der Waals surface area (Å²) in [5, 5.41) is 20.8. The van der Waals surface area contributed by atoms with Crippen molar-refractivity contribution in [2.45, 2.75) is 32.9 Å². The molecule has 178 valence electrons. The quantitative estimate of drug-likeness (QED) is 0.525. The highest BCUT2D eigenvalue weighted by Gasteiger charge is 2.24. The number of phenolic OH excluding ortho intramolecular Hbond substituents is 2. The molecule has 1 amide bonds. The van der Waals surface area contributed by atoms with Gasteiger partial charge >= 0.3 is 0 Å². The standard InChI is InChI=1S/C28H32N2O4/c1-20(2)24-16-25(27(32)17-26(24)31)28(33)30(19-21-6-4-3-5-7-21)23-10-8-22(9-11-23)18-29-12-14-34-15-13-29/h3-11,16-17,20,31-32H,12-15,18-19H2,1-2H3. The van der Waals surface area contributed by atoms with Crippen molar-refractivity contribution in [1.29, 1.82) is 0 Å². The Hall–Kier alpha value is -3.35. The Kier molecular flexibility index (Phi) is 7.50. The summed E-state index contributed by atoms with van der Waals surface area (Å²) in [6.45, 7) is 8.42. The van der Waals surface area contributed by atoms with Gasteiger partial charge in [0.1, 0.15) is 11.5 Å². The van der Waals surface area contributed by atoms with Gasteiger partial charge in [-0.3, -0.25) is 9.69 Å². The number of phenols is 2. The molecule has 0 atom stereocenters. The molecule has 1 heterocycles. The Labute approximate surface area is 201 Å². The molecule has 0 radical (unpaired) electrons. The largest absolute Gasteiger partial charge is 0.508 e. The van der Waals surface area contributed by atoms with Crippen LogP contribution in [0.4, 0.5) is 5.69 Å².